The van der Waals surface area contributed by atoms with Crippen LogP contribution in [0, 0.1) is 0 Å². The molecule has 0 aromatic heterocycles. The number of nitrogens with one attached hydrogen (secondary N) is 1. The molecule has 1 unspecified atom stereocenters. The number of hydrogen-bond donors (Lipinski definition) is 1. The molecule has 0 saturated heterocycles. The van der Waals surface area contributed by atoms with Gasteiger partial charge in [0.05, 0.1) is 12.2 Å². The molecule has 2 aromatic rings. The third-order valence-electron chi connectivity index (χ3n) is 5.09. The number of rotatable bonds is 5. The lowest BCUT2D eigenvalue weighted by atomic mass is 10.1. The van der Waals surface area contributed by atoms with Gasteiger partial charge < -0.3 is 24.4 Å². The van der Waals surface area contributed by atoms with Crippen LogP contribution in [0.25, 0.3) is 6.08 Å². The minimum Gasteiger partial charge on any atom is -0.488 e. The number of para-hydroxylation sites is 2. The molecule has 2 amide bonds. The number of carbonyl (C=O) groups excluding carboxylic acids is 3. The van der Waals surface area contributed by atoms with Crippen molar-refractivity contribution in [2.75, 3.05) is 31.7 Å². The van der Waals surface area contributed by atoms with Crippen molar-refractivity contribution in [3.8, 4) is 11.5 Å². The zero-order valence-electron chi connectivity index (χ0n) is 17.7. The number of carbonyl (C=O) groups is 3. The maximum atomic E-state index is 12.8. The van der Waals surface area contributed by atoms with Crippen LogP contribution in [0.1, 0.15) is 5.56 Å². The summed E-state index contributed by atoms with van der Waals surface area (Å²) in [5.74, 6) is -0.379. The van der Waals surface area contributed by atoms with E-state index in [1.165, 1.54) is 18.0 Å². The Bertz CT molecular complexity index is 1160. The lowest BCUT2D eigenvalue weighted by Crippen LogP contribution is -2.51. The molecule has 0 radical (unpaired) electrons. The van der Waals surface area contributed by atoms with E-state index in [0.717, 1.165) is 11.1 Å². The van der Waals surface area contributed by atoms with Crippen molar-refractivity contribution in [2.45, 2.75) is 6.10 Å². The number of amides is 2. The van der Waals surface area contributed by atoms with Crippen LogP contribution in [0.3, 0.4) is 0 Å². The Morgan fingerprint density at radius 2 is 2.03 bits per heavy atom. The summed E-state index contributed by atoms with van der Waals surface area (Å²) in [5, 5.41) is 3.10. The maximum Gasteiger partial charge on any atom is 0.331 e. The third kappa shape index (κ3) is 5.18. The van der Waals surface area contributed by atoms with Crippen molar-refractivity contribution >= 4 is 41.1 Å². The number of esters is 1. The summed E-state index contributed by atoms with van der Waals surface area (Å²) in [5.41, 5.74) is 2.08. The SMILES string of the molecule is CNC(=O)C1CN(C(=O)COC(=O)C=CC2=Cc3cc(Cl)ccc3OC2)c2ccccc2O1. The number of benzene rings is 2. The normalized spacial score (nSPS) is 16.6. The van der Waals surface area contributed by atoms with Crippen molar-refractivity contribution in [1.29, 1.82) is 0 Å². The molecule has 9 heteroatoms. The minimum absolute atomic E-state index is 0.00903. The Balaban J connectivity index is 1.38. The number of halogens is 1. The fraction of sp³-hybridized carbons (Fsp3) is 0.208. The minimum atomic E-state index is -0.862. The average Bonchev–Trinajstić information content (AvgIpc) is 2.84. The molecule has 0 aliphatic carbocycles. The second-order valence-corrected chi connectivity index (χ2v) is 7.76. The number of hydrogen-bond acceptors (Lipinski definition) is 6. The monoisotopic (exact) mass is 468 g/mol. The standard InChI is InChI=1S/C24H21ClN2O6/c1-26-24(30)21-12-27(18-4-2-3-5-20(18)33-21)22(28)14-32-23(29)9-6-15-10-16-11-17(25)7-8-19(16)31-13-15/h2-11,21H,12-14H2,1H3,(H,26,30). The predicted octanol–water partition coefficient (Wildman–Crippen LogP) is 2.76. The Labute approximate surface area is 195 Å². The second kappa shape index (κ2) is 9.79. The van der Waals surface area contributed by atoms with Gasteiger partial charge in [-0.15, -0.1) is 0 Å². The molecule has 0 fully saturated rings. The zero-order valence-corrected chi connectivity index (χ0v) is 18.5. The molecule has 2 heterocycles. The maximum absolute atomic E-state index is 12.8. The predicted molar refractivity (Wildman–Crippen MR) is 122 cm³/mol. The van der Waals surface area contributed by atoms with Crippen LogP contribution >= 0.6 is 11.6 Å². The number of likely N-dealkylation sites (N-methyl/N-ethyl adjacent to an activating group) is 1. The average molecular weight is 469 g/mol. The van der Waals surface area contributed by atoms with Gasteiger partial charge in [0.15, 0.2) is 12.7 Å². The van der Waals surface area contributed by atoms with Crippen molar-refractivity contribution in [3.05, 3.63) is 70.8 Å². The molecule has 170 valence electrons. The van der Waals surface area contributed by atoms with Crippen molar-refractivity contribution in [1.82, 2.24) is 5.32 Å². The summed E-state index contributed by atoms with van der Waals surface area (Å²) in [4.78, 5) is 38.4. The summed E-state index contributed by atoms with van der Waals surface area (Å²) in [6.45, 7) is -0.177. The van der Waals surface area contributed by atoms with Gasteiger partial charge in [0, 0.05) is 23.7 Å². The Morgan fingerprint density at radius 3 is 2.85 bits per heavy atom. The molecule has 2 aliphatic heterocycles. The third-order valence-corrected chi connectivity index (χ3v) is 5.33. The van der Waals surface area contributed by atoms with Crippen LogP contribution in [0.2, 0.25) is 5.02 Å². The highest BCUT2D eigenvalue weighted by molar-refractivity contribution is 6.30. The molecule has 0 saturated carbocycles. The van der Waals surface area contributed by atoms with Gasteiger partial charge >= 0.3 is 5.97 Å². The van der Waals surface area contributed by atoms with Crippen LogP contribution in [-0.2, 0) is 19.1 Å². The van der Waals surface area contributed by atoms with Crippen LogP contribution in [-0.4, -0.2) is 50.7 Å². The molecule has 1 atom stereocenters. The molecule has 2 aromatic carbocycles. The number of ether oxygens (including phenoxy) is 3. The molecule has 2 aliphatic rings. The highest BCUT2D eigenvalue weighted by Gasteiger charge is 2.33. The fourth-order valence-electron chi connectivity index (χ4n) is 3.46. The summed E-state index contributed by atoms with van der Waals surface area (Å²) in [6.07, 6.45) is 3.81. The molecular weight excluding hydrogens is 448 g/mol. The van der Waals surface area contributed by atoms with Gasteiger partial charge in [-0.05, 0) is 48.1 Å². The van der Waals surface area contributed by atoms with E-state index < -0.39 is 24.6 Å². The van der Waals surface area contributed by atoms with Gasteiger partial charge in [0.1, 0.15) is 18.1 Å². The smallest absolute Gasteiger partial charge is 0.331 e. The van der Waals surface area contributed by atoms with Crippen molar-refractivity contribution in [3.63, 3.8) is 0 Å². The van der Waals surface area contributed by atoms with Crippen LogP contribution in [0.15, 0.2) is 60.2 Å². The molecule has 8 nitrogen and oxygen atoms in total. The quantitative estimate of drug-likeness (QED) is 0.535. The van der Waals surface area contributed by atoms with Gasteiger partial charge in [-0.2, -0.15) is 0 Å². The molecule has 0 spiro atoms. The topological polar surface area (TPSA) is 94.2 Å². The number of fused-ring (bicyclic) bond motifs is 2. The van der Waals surface area contributed by atoms with E-state index in [0.29, 0.717) is 28.8 Å². The fourth-order valence-corrected chi connectivity index (χ4v) is 3.64. The van der Waals surface area contributed by atoms with Crippen LogP contribution < -0.4 is 19.7 Å². The lowest BCUT2D eigenvalue weighted by Gasteiger charge is -2.33. The van der Waals surface area contributed by atoms with Crippen molar-refractivity contribution in [2.24, 2.45) is 0 Å². The van der Waals surface area contributed by atoms with Gasteiger partial charge in [-0.25, -0.2) is 4.79 Å². The molecule has 1 N–H and O–H groups in total. The highest BCUT2D eigenvalue weighted by atomic mass is 35.5. The van der Waals surface area contributed by atoms with Gasteiger partial charge in [-0.3, -0.25) is 9.59 Å². The summed E-state index contributed by atoms with van der Waals surface area (Å²) in [7, 11) is 1.49. The Morgan fingerprint density at radius 1 is 1.21 bits per heavy atom. The van der Waals surface area contributed by atoms with Crippen LogP contribution in [0.5, 0.6) is 11.5 Å². The Hall–Kier alpha value is -3.78. The van der Waals surface area contributed by atoms with E-state index in [1.807, 2.05) is 6.08 Å². The van der Waals surface area contributed by atoms with Gasteiger partial charge in [0.25, 0.3) is 11.8 Å². The Kier molecular flexibility index (Phi) is 6.65. The zero-order chi connectivity index (χ0) is 23.4. The van der Waals surface area contributed by atoms with Gasteiger partial charge in [0.2, 0.25) is 0 Å². The lowest BCUT2D eigenvalue weighted by molar-refractivity contribution is -0.143. The van der Waals surface area contributed by atoms with Gasteiger partial charge in [-0.1, -0.05) is 23.7 Å². The largest absolute Gasteiger partial charge is 0.488 e. The number of anilines is 1. The van der Waals surface area contributed by atoms with E-state index in [4.69, 9.17) is 25.8 Å². The van der Waals surface area contributed by atoms with E-state index in [-0.39, 0.29) is 12.5 Å². The first-order chi connectivity index (χ1) is 15.9. The summed E-state index contributed by atoms with van der Waals surface area (Å²) < 4.78 is 16.4. The first-order valence-corrected chi connectivity index (χ1v) is 10.6. The first-order valence-electron chi connectivity index (χ1n) is 10.2. The van der Waals surface area contributed by atoms with Crippen LogP contribution in [0.4, 0.5) is 5.69 Å². The summed E-state index contributed by atoms with van der Waals surface area (Å²) in [6, 6.07) is 12.2. The van der Waals surface area contributed by atoms with E-state index in [2.05, 4.69) is 5.32 Å². The van der Waals surface area contributed by atoms with E-state index in [1.54, 1.807) is 48.5 Å². The molecular formula is C24H21ClN2O6. The molecule has 33 heavy (non-hydrogen) atoms. The highest BCUT2D eigenvalue weighted by Crippen LogP contribution is 2.33. The second-order valence-electron chi connectivity index (χ2n) is 7.32. The first kappa shape index (κ1) is 22.4. The van der Waals surface area contributed by atoms with E-state index >= 15 is 0 Å². The number of nitrogens with zero attached hydrogens (tertiary/aromatic N) is 1. The van der Waals surface area contributed by atoms with E-state index in [9.17, 15) is 14.4 Å². The molecule has 4 rings (SSSR count). The molecule has 0 bridgehead atoms. The summed E-state index contributed by atoms with van der Waals surface area (Å²) >= 11 is 6.01. The van der Waals surface area contributed by atoms with Crippen molar-refractivity contribution < 1.29 is 28.6 Å².